The maximum Gasteiger partial charge on any atom is 0.253 e. The Bertz CT molecular complexity index is 566. The molecule has 0 spiro atoms. The van der Waals surface area contributed by atoms with E-state index in [2.05, 4.69) is 0 Å². The lowest BCUT2D eigenvalue weighted by atomic mass is 10.0. The monoisotopic (exact) mass is 269 g/mol. The van der Waals surface area contributed by atoms with Gasteiger partial charge in [-0.25, -0.2) is 0 Å². The van der Waals surface area contributed by atoms with Crippen LogP contribution in [0.5, 0.6) is 0 Å². The maximum atomic E-state index is 12.4. The van der Waals surface area contributed by atoms with E-state index in [0.717, 1.165) is 37.2 Å². The fourth-order valence-corrected chi connectivity index (χ4v) is 2.57. The van der Waals surface area contributed by atoms with Crippen molar-refractivity contribution in [2.75, 3.05) is 13.1 Å². The first kappa shape index (κ1) is 12.9. The second kappa shape index (κ2) is 5.51. The first-order valence-corrected chi connectivity index (χ1v) is 7.02. The van der Waals surface area contributed by atoms with E-state index in [4.69, 9.17) is 5.73 Å². The van der Waals surface area contributed by atoms with E-state index in [1.807, 2.05) is 58.3 Å². The van der Waals surface area contributed by atoms with Crippen LogP contribution in [-0.2, 0) is 0 Å². The number of carbonyl (C=O) groups is 1. The average Bonchev–Trinajstić information content (AvgIpc) is 3.02. The Balaban J connectivity index is 1.73. The first-order valence-electron chi connectivity index (χ1n) is 7.02. The SMILES string of the molecule is NC1CCN(C(=O)c2ccc(-n3cccc3)cc2)CC1. The Labute approximate surface area is 118 Å². The van der Waals surface area contributed by atoms with Gasteiger partial charge in [0.25, 0.3) is 5.91 Å². The summed E-state index contributed by atoms with van der Waals surface area (Å²) in [6, 6.07) is 12.0. The van der Waals surface area contributed by atoms with Crippen molar-refractivity contribution in [2.45, 2.75) is 18.9 Å². The minimum Gasteiger partial charge on any atom is -0.339 e. The van der Waals surface area contributed by atoms with Crippen LogP contribution in [0.1, 0.15) is 23.2 Å². The third kappa shape index (κ3) is 2.60. The third-order valence-corrected chi connectivity index (χ3v) is 3.84. The largest absolute Gasteiger partial charge is 0.339 e. The maximum absolute atomic E-state index is 12.4. The van der Waals surface area contributed by atoms with Gasteiger partial charge in [-0.2, -0.15) is 0 Å². The van der Waals surface area contributed by atoms with Crippen LogP contribution < -0.4 is 5.73 Å². The van der Waals surface area contributed by atoms with Gasteiger partial charge in [-0.1, -0.05) is 0 Å². The molecule has 1 aromatic heterocycles. The highest BCUT2D eigenvalue weighted by Gasteiger charge is 2.21. The number of nitrogens with two attached hydrogens (primary N) is 1. The Morgan fingerprint density at radius 2 is 1.65 bits per heavy atom. The van der Waals surface area contributed by atoms with Crippen molar-refractivity contribution < 1.29 is 4.79 Å². The second-order valence-corrected chi connectivity index (χ2v) is 5.27. The molecule has 0 unspecified atom stereocenters. The van der Waals surface area contributed by atoms with Crippen LogP contribution >= 0.6 is 0 Å². The van der Waals surface area contributed by atoms with Gasteiger partial charge in [-0.05, 0) is 49.2 Å². The minimum atomic E-state index is 0.107. The summed E-state index contributed by atoms with van der Waals surface area (Å²) in [5.74, 6) is 0.107. The lowest BCUT2D eigenvalue weighted by Crippen LogP contribution is -2.42. The number of piperidine rings is 1. The topological polar surface area (TPSA) is 51.3 Å². The molecule has 1 aliphatic rings. The Hall–Kier alpha value is -2.07. The summed E-state index contributed by atoms with van der Waals surface area (Å²) in [5.41, 5.74) is 7.68. The molecule has 2 aromatic rings. The fourth-order valence-electron chi connectivity index (χ4n) is 2.57. The summed E-state index contributed by atoms with van der Waals surface area (Å²) in [4.78, 5) is 14.3. The van der Waals surface area contributed by atoms with Crippen LogP contribution in [0.2, 0.25) is 0 Å². The average molecular weight is 269 g/mol. The van der Waals surface area contributed by atoms with Gasteiger partial charge in [0, 0.05) is 42.8 Å². The van der Waals surface area contributed by atoms with Gasteiger partial charge >= 0.3 is 0 Å². The number of carbonyl (C=O) groups excluding carboxylic acids is 1. The summed E-state index contributed by atoms with van der Waals surface area (Å²) in [7, 11) is 0. The molecule has 1 fully saturated rings. The molecule has 1 aromatic carbocycles. The van der Waals surface area contributed by atoms with Crippen molar-refractivity contribution in [1.29, 1.82) is 0 Å². The van der Waals surface area contributed by atoms with Gasteiger partial charge in [-0.3, -0.25) is 4.79 Å². The number of aromatic nitrogens is 1. The lowest BCUT2D eigenvalue weighted by Gasteiger charge is -2.30. The standard InChI is InChI=1S/C16H19N3O/c17-14-7-11-19(12-8-14)16(20)13-3-5-15(6-4-13)18-9-1-2-10-18/h1-6,9-10,14H,7-8,11-12,17H2. The highest BCUT2D eigenvalue weighted by atomic mass is 16.2. The van der Waals surface area contributed by atoms with Crippen LogP contribution in [0, 0.1) is 0 Å². The molecule has 104 valence electrons. The molecular weight excluding hydrogens is 250 g/mol. The molecule has 20 heavy (non-hydrogen) atoms. The van der Waals surface area contributed by atoms with E-state index >= 15 is 0 Å². The van der Waals surface area contributed by atoms with E-state index in [0.29, 0.717) is 0 Å². The summed E-state index contributed by atoms with van der Waals surface area (Å²) in [6.45, 7) is 1.53. The molecule has 2 N–H and O–H groups in total. The number of rotatable bonds is 2. The summed E-state index contributed by atoms with van der Waals surface area (Å²) in [6.07, 6.45) is 5.77. The van der Waals surface area contributed by atoms with Crippen LogP contribution in [-0.4, -0.2) is 34.5 Å². The number of nitrogens with zero attached hydrogens (tertiary/aromatic N) is 2. The summed E-state index contributed by atoms with van der Waals surface area (Å²) in [5, 5.41) is 0. The molecule has 0 aliphatic carbocycles. The van der Waals surface area contributed by atoms with Gasteiger partial charge in [0.1, 0.15) is 0 Å². The molecule has 1 saturated heterocycles. The van der Waals surface area contributed by atoms with Crippen molar-refractivity contribution in [2.24, 2.45) is 5.73 Å². The van der Waals surface area contributed by atoms with E-state index in [1.165, 1.54) is 0 Å². The number of benzene rings is 1. The molecule has 0 atom stereocenters. The molecule has 4 nitrogen and oxygen atoms in total. The summed E-state index contributed by atoms with van der Waals surface area (Å²) < 4.78 is 2.02. The third-order valence-electron chi connectivity index (χ3n) is 3.84. The van der Waals surface area contributed by atoms with E-state index in [1.54, 1.807) is 0 Å². The normalized spacial score (nSPS) is 16.4. The smallest absolute Gasteiger partial charge is 0.253 e. The molecule has 3 rings (SSSR count). The zero-order valence-corrected chi connectivity index (χ0v) is 11.4. The Morgan fingerprint density at radius 1 is 1.05 bits per heavy atom. The minimum absolute atomic E-state index is 0.107. The van der Waals surface area contributed by atoms with Crippen LogP contribution in [0.4, 0.5) is 0 Å². The van der Waals surface area contributed by atoms with Gasteiger partial charge in [0.15, 0.2) is 0 Å². The zero-order chi connectivity index (χ0) is 13.9. The van der Waals surface area contributed by atoms with E-state index in [-0.39, 0.29) is 11.9 Å². The van der Waals surface area contributed by atoms with Crippen molar-refractivity contribution in [1.82, 2.24) is 9.47 Å². The fraction of sp³-hybridized carbons (Fsp3) is 0.312. The highest BCUT2D eigenvalue weighted by Crippen LogP contribution is 2.15. The van der Waals surface area contributed by atoms with Crippen molar-refractivity contribution in [3.8, 4) is 5.69 Å². The molecule has 4 heteroatoms. The first-order chi connectivity index (χ1) is 9.74. The zero-order valence-electron chi connectivity index (χ0n) is 11.4. The molecule has 1 amide bonds. The van der Waals surface area contributed by atoms with Gasteiger partial charge < -0.3 is 15.2 Å². The number of hydrogen-bond donors (Lipinski definition) is 1. The van der Waals surface area contributed by atoms with Crippen LogP contribution in [0.15, 0.2) is 48.8 Å². The molecular formula is C16H19N3O. The molecule has 0 saturated carbocycles. The number of likely N-dealkylation sites (tertiary alicyclic amines) is 1. The quantitative estimate of drug-likeness (QED) is 0.907. The number of hydrogen-bond acceptors (Lipinski definition) is 2. The number of amides is 1. The van der Waals surface area contributed by atoms with Crippen LogP contribution in [0.25, 0.3) is 5.69 Å². The van der Waals surface area contributed by atoms with Gasteiger partial charge in [0.2, 0.25) is 0 Å². The highest BCUT2D eigenvalue weighted by molar-refractivity contribution is 5.94. The lowest BCUT2D eigenvalue weighted by molar-refractivity contribution is 0.0715. The molecule has 0 radical (unpaired) electrons. The van der Waals surface area contributed by atoms with Crippen LogP contribution in [0.3, 0.4) is 0 Å². The van der Waals surface area contributed by atoms with E-state index in [9.17, 15) is 4.79 Å². The Kier molecular flexibility index (Phi) is 3.56. The van der Waals surface area contributed by atoms with Crippen molar-refractivity contribution in [3.05, 3.63) is 54.4 Å². The van der Waals surface area contributed by atoms with Crippen molar-refractivity contribution >= 4 is 5.91 Å². The summed E-state index contributed by atoms with van der Waals surface area (Å²) >= 11 is 0. The molecule has 2 heterocycles. The predicted octanol–water partition coefficient (Wildman–Crippen LogP) is 2.04. The predicted molar refractivity (Wildman–Crippen MR) is 78.9 cm³/mol. The van der Waals surface area contributed by atoms with E-state index < -0.39 is 0 Å². The van der Waals surface area contributed by atoms with Crippen molar-refractivity contribution in [3.63, 3.8) is 0 Å². The van der Waals surface area contributed by atoms with Gasteiger partial charge in [0.05, 0.1) is 0 Å². The second-order valence-electron chi connectivity index (χ2n) is 5.27. The molecule has 1 aliphatic heterocycles. The molecule has 0 bridgehead atoms. The Morgan fingerprint density at radius 3 is 2.25 bits per heavy atom. The van der Waals surface area contributed by atoms with Gasteiger partial charge in [-0.15, -0.1) is 0 Å².